The van der Waals surface area contributed by atoms with Gasteiger partial charge in [-0.15, -0.1) is 0 Å². The van der Waals surface area contributed by atoms with Crippen molar-refractivity contribution < 1.29 is 23.4 Å². The van der Waals surface area contributed by atoms with Crippen LogP contribution in [0.2, 0.25) is 18.1 Å². The van der Waals surface area contributed by atoms with Gasteiger partial charge in [-0.2, -0.15) is 5.10 Å². The Morgan fingerprint density at radius 2 is 1.76 bits per heavy atom. The second-order valence-corrected chi connectivity index (χ2v) is 18.5. The van der Waals surface area contributed by atoms with Crippen LogP contribution in [0.3, 0.4) is 0 Å². The molecule has 8 nitrogen and oxygen atoms in total. The van der Waals surface area contributed by atoms with Crippen molar-refractivity contribution in [3.8, 4) is 17.0 Å². The SMILES string of the molecule is CC(COCCOCCc1cncc(-c2nn(C3CCCCO3)c3ccc(O[Si](C)(C)C(C)(C)C)cc23)c1)OCc1ccccc1. The molecule has 0 spiro atoms. The molecule has 1 saturated heterocycles. The van der Waals surface area contributed by atoms with Crippen LogP contribution in [0.15, 0.2) is 67.0 Å². The summed E-state index contributed by atoms with van der Waals surface area (Å²) in [5.74, 6) is 0.890. The van der Waals surface area contributed by atoms with Crippen molar-refractivity contribution in [2.24, 2.45) is 0 Å². The van der Waals surface area contributed by atoms with E-state index in [0.29, 0.717) is 33.0 Å². The highest BCUT2D eigenvalue weighted by atomic mass is 28.4. The Bertz CT molecular complexity index is 1530. The van der Waals surface area contributed by atoms with Crippen LogP contribution in [-0.2, 0) is 32.0 Å². The fraction of sp³-hybridized carbons (Fsp3) is 0.514. The zero-order valence-corrected chi connectivity index (χ0v) is 29.5. The van der Waals surface area contributed by atoms with Gasteiger partial charge in [-0.1, -0.05) is 51.1 Å². The van der Waals surface area contributed by atoms with E-state index in [1.165, 1.54) is 0 Å². The van der Waals surface area contributed by atoms with Crippen LogP contribution in [0, 0.1) is 0 Å². The minimum atomic E-state index is -2.01. The van der Waals surface area contributed by atoms with Gasteiger partial charge in [0, 0.05) is 30.0 Å². The first-order valence-electron chi connectivity index (χ1n) is 16.7. The lowest BCUT2D eigenvalue weighted by molar-refractivity contribution is -0.0365. The summed E-state index contributed by atoms with van der Waals surface area (Å²) in [6, 6.07) is 18.7. The molecule has 2 aromatic carbocycles. The van der Waals surface area contributed by atoms with E-state index in [-0.39, 0.29) is 17.4 Å². The van der Waals surface area contributed by atoms with Gasteiger partial charge < -0.3 is 23.4 Å². The number of aromatic nitrogens is 3. The molecule has 0 saturated carbocycles. The third-order valence-electron chi connectivity index (χ3n) is 8.99. The van der Waals surface area contributed by atoms with Crippen LogP contribution in [0.4, 0.5) is 0 Å². The van der Waals surface area contributed by atoms with Crippen LogP contribution in [0.1, 0.15) is 64.3 Å². The zero-order chi connectivity index (χ0) is 32.6. The molecule has 3 heterocycles. The standard InChI is InChI=1S/C37H51N3O5Si/c1-28(44-27-29-12-8-7-9-13-29)26-42-21-20-41-19-17-30-22-31(25-38-24-30)36-33-23-32(45-46(5,6)37(2,3)4)15-16-34(33)40(39-36)35-14-10-11-18-43-35/h7-9,12-13,15-16,22-25,28,35H,10-11,14,17-21,26-27H2,1-6H3. The molecule has 0 bridgehead atoms. The number of benzene rings is 2. The normalized spacial score (nSPS) is 16.5. The Morgan fingerprint density at radius 3 is 2.52 bits per heavy atom. The second kappa shape index (κ2) is 15.7. The van der Waals surface area contributed by atoms with Gasteiger partial charge in [0.05, 0.1) is 44.7 Å². The van der Waals surface area contributed by atoms with Crippen molar-refractivity contribution in [1.82, 2.24) is 14.8 Å². The quantitative estimate of drug-likeness (QED) is 0.0950. The Hall–Kier alpha value is -3.08. The molecular weight excluding hydrogens is 595 g/mol. The van der Waals surface area contributed by atoms with Gasteiger partial charge in [0.25, 0.3) is 0 Å². The Kier molecular flexibility index (Phi) is 11.7. The summed E-state index contributed by atoms with van der Waals surface area (Å²) in [4.78, 5) is 4.59. The monoisotopic (exact) mass is 645 g/mol. The van der Waals surface area contributed by atoms with Crippen LogP contribution in [0.5, 0.6) is 5.75 Å². The summed E-state index contributed by atoms with van der Waals surface area (Å²) in [5.41, 5.74) is 5.20. The lowest BCUT2D eigenvalue weighted by atomic mass is 10.1. The first kappa shape index (κ1) is 34.3. The molecule has 1 aliphatic heterocycles. The lowest BCUT2D eigenvalue weighted by Gasteiger charge is -2.36. The van der Waals surface area contributed by atoms with E-state index >= 15 is 0 Å². The largest absolute Gasteiger partial charge is 0.543 e. The van der Waals surface area contributed by atoms with E-state index in [4.69, 9.17) is 28.5 Å². The smallest absolute Gasteiger partial charge is 0.250 e. The number of hydrogen-bond acceptors (Lipinski definition) is 7. The van der Waals surface area contributed by atoms with Gasteiger partial charge in [0.2, 0.25) is 8.32 Å². The van der Waals surface area contributed by atoms with E-state index in [1.54, 1.807) is 0 Å². The predicted octanol–water partition coefficient (Wildman–Crippen LogP) is 8.36. The van der Waals surface area contributed by atoms with E-state index in [1.807, 2.05) is 37.5 Å². The van der Waals surface area contributed by atoms with Crippen LogP contribution in [-0.4, -0.2) is 62.2 Å². The second-order valence-electron chi connectivity index (χ2n) is 13.8. The highest BCUT2D eigenvalue weighted by Gasteiger charge is 2.39. The molecule has 2 atom stereocenters. The molecule has 0 aliphatic carbocycles. The van der Waals surface area contributed by atoms with Crippen molar-refractivity contribution in [1.29, 1.82) is 0 Å². The topological polar surface area (TPSA) is 76.9 Å². The fourth-order valence-corrected chi connectivity index (χ4v) is 6.28. The Morgan fingerprint density at radius 1 is 0.957 bits per heavy atom. The number of hydrogen-bond donors (Lipinski definition) is 0. The maximum Gasteiger partial charge on any atom is 0.250 e. The van der Waals surface area contributed by atoms with Crippen molar-refractivity contribution >= 4 is 19.2 Å². The average molecular weight is 646 g/mol. The van der Waals surface area contributed by atoms with Gasteiger partial charge >= 0.3 is 0 Å². The highest BCUT2D eigenvalue weighted by Crippen LogP contribution is 2.40. The lowest BCUT2D eigenvalue weighted by Crippen LogP contribution is -2.43. The molecule has 1 aliphatic rings. The molecule has 1 fully saturated rings. The number of ether oxygens (including phenoxy) is 4. The zero-order valence-electron chi connectivity index (χ0n) is 28.5. The predicted molar refractivity (Wildman–Crippen MR) is 186 cm³/mol. The van der Waals surface area contributed by atoms with Crippen molar-refractivity contribution in [2.45, 2.75) is 90.4 Å². The molecule has 2 aromatic heterocycles. The first-order valence-corrected chi connectivity index (χ1v) is 19.6. The fourth-order valence-electron chi connectivity index (χ4n) is 5.25. The maximum atomic E-state index is 6.70. The van der Waals surface area contributed by atoms with Crippen LogP contribution >= 0.6 is 0 Å². The molecule has 2 unspecified atom stereocenters. The summed E-state index contributed by atoms with van der Waals surface area (Å²) < 4.78 is 32.5. The third-order valence-corrected chi connectivity index (χ3v) is 13.3. The summed E-state index contributed by atoms with van der Waals surface area (Å²) in [6.45, 7) is 16.9. The molecule has 4 aromatic rings. The molecule has 248 valence electrons. The van der Waals surface area contributed by atoms with E-state index < -0.39 is 8.32 Å². The van der Waals surface area contributed by atoms with Gasteiger partial charge in [-0.05, 0) is 86.1 Å². The van der Waals surface area contributed by atoms with Gasteiger partial charge in [0.1, 0.15) is 11.4 Å². The summed E-state index contributed by atoms with van der Waals surface area (Å²) in [5, 5.41) is 6.29. The number of fused-ring (bicyclic) bond motifs is 1. The van der Waals surface area contributed by atoms with E-state index in [2.05, 4.69) is 79.9 Å². The van der Waals surface area contributed by atoms with Crippen molar-refractivity contribution in [3.63, 3.8) is 0 Å². The van der Waals surface area contributed by atoms with E-state index in [0.717, 1.165) is 71.3 Å². The van der Waals surface area contributed by atoms with Crippen LogP contribution in [0.25, 0.3) is 22.2 Å². The third kappa shape index (κ3) is 9.04. The molecular formula is C37H51N3O5Si. The number of pyridine rings is 1. The molecule has 9 heteroatoms. The van der Waals surface area contributed by atoms with Gasteiger partial charge in [-0.25, -0.2) is 4.68 Å². The van der Waals surface area contributed by atoms with Gasteiger partial charge in [0.15, 0.2) is 6.23 Å². The van der Waals surface area contributed by atoms with E-state index in [9.17, 15) is 0 Å². The highest BCUT2D eigenvalue weighted by molar-refractivity contribution is 6.74. The molecule has 0 N–H and O–H groups in total. The Balaban J connectivity index is 1.20. The minimum Gasteiger partial charge on any atom is -0.543 e. The maximum absolute atomic E-state index is 6.70. The first-order chi connectivity index (χ1) is 22.1. The summed E-state index contributed by atoms with van der Waals surface area (Å²) in [7, 11) is -2.01. The summed E-state index contributed by atoms with van der Waals surface area (Å²) >= 11 is 0. The molecule has 46 heavy (non-hydrogen) atoms. The van der Waals surface area contributed by atoms with Crippen molar-refractivity contribution in [3.05, 3.63) is 78.1 Å². The number of nitrogens with zero attached hydrogens (tertiary/aromatic N) is 3. The number of rotatable bonds is 15. The Labute approximate surface area is 275 Å². The molecule has 0 amide bonds. The van der Waals surface area contributed by atoms with Gasteiger partial charge in [-0.3, -0.25) is 4.98 Å². The van der Waals surface area contributed by atoms with Crippen LogP contribution < -0.4 is 4.43 Å². The molecule has 5 rings (SSSR count). The van der Waals surface area contributed by atoms with Crippen molar-refractivity contribution in [2.75, 3.05) is 33.0 Å². The average Bonchev–Trinajstić information content (AvgIpc) is 3.42. The summed E-state index contributed by atoms with van der Waals surface area (Å²) in [6.07, 6.45) is 7.69. The molecule has 0 radical (unpaired) electrons. The minimum absolute atomic E-state index is 0.0212.